The molecule has 1 aromatic heterocycles. The van der Waals surface area contributed by atoms with Gasteiger partial charge in [0, 0.05) is 38.2 Å². The molecule has 0 unspecified atom stereocenters. The molecule has 0 aromatic carbocycles. The normalized spacial score (nSPS) is 18.3. The van der Waals surface area contributed by atoms with Crippen LogP contribution in [-0.4, -0.2) is 41.5 Å². The second-order valence-corrected chi connectivity index (χ2v) is 5.09. The number of aryl methyl sites for hydroxylation is 2. The number of carbonyl (C=O) groups excluding carboxylic acids is 1. The average Bonchev–Trinajstić information content (AvgIpc) is 2.69. The van der Waals surface area contributed by atoms with Gasteiger partial charge in [-0.2, -0.15) is 0 Å². The minimum absolute atomic E-state index is 0.130. The van der Waals surface area contributed by atoms with Crippen molar-refractivity contribution in [3.8, 4) is 0 Å². The number of ether oxygens (including phenoxy) is 1. The van der Waals surface area contributed by atoms with Crippen molar-refractivity contribution in [2.75, 3.05) is 19.8 Å². The summed E-state index contributed by atoms with van der Waals surface area (Å²) in [4.78, 5) is 11.9. The summed E-state index contributed by atoms with van der Waals surface area (Å²) in [5, 5.41) is 16.8. The minimum Gasteiger partial charge on any atom is -0.388 e. The molecule has 6 nitrogen and oxygen atoms in total. The molecule has 0 radical (unpaired) electrons. The summed E-state index contributed by atoms with van der Waals surface area (Å²) < 4.78 is 10.2. The largest absolute Gasteiger partial charge is 0.388 e. The molecule has 0 bridgehead atoms. The molecule has 2 N–H and O–H groups in total. The summed E-state index contributed by atoms with van der Waals surface area (Å²) in [6, 6.07) is 0. The van der Waals surface area contributed by atoms with Gasteiger partial charge in [-0.1, -0.05) is 5.16 Å². The smallest absolute Gasteiger partial charge is 0.224 e. The molecule has 1 saturated heterocycles. The Kier molecular flexibility index (Phi) is 4.21. The number of aliphatic hydroxyl groups is 1. The number of nitrogens with one attached hydrogen (secondary N) is 1. The van der Waals surface area contributed by atoms with Crippen molar-refractivity contribution < 1.29 is 19.2 Å². The van der Waals surface area contributed by atoms with Crippen molar-refractivity contribution in [1.82, 2.24) is 10.5 Å². The fraction of sp³-hybridized carbons (Fsp3) is 0.692. The quantitative estimate of drug-likeness (QED) is 0.830. The number of amides is 1. The summed E-state index contributed by atoms with van der Waals surface area (Å²) in [5.74, 6) is 0.534. The van der Waals surface area contributed by atoms with Crippen molar-refractivity contribution in [2.45, 2.75) is 38.7 Å². The van der Waals surface area contributed by atoms with Gasteiger partial charge in [-0.05, 0) is 13.8 Å². The van der Waals surface area contributed by atoms with Crippen LogP contribution in [0.1, 0.15) is 29.9 Å². The van der Waals surface area contributed by atoms with E-state index >= 15 is 0 Å². The first kappa shape index (κ1) is 14.0. The summed E-state index contributed by atoms with van der Waals surface area (Å²) >= 11 is 0. The molecule has 0 saturated carbocycles. The zero-order chi connectivity index (χ0) is 13.9. The van der Waals surface area contributed by atoms with Gasteiger partial charge in [-0.25, -0.2) is 0 Å². The van der Waals surface area contributed by atoms with Crippen molar-refractivity contribution in [1.29, 1.82) is 0 Å². The molecule has 2 heterocycles. The van der Waals surface area contributed by atoms with Crippen LogP contribution in [0.15, 0.2) is 4.52 Å². The Morgan fingerprint density at radius 1 is 1.42 bits per heavy atom. The van der Waals surface area contributed by atoms with E-state index in [-0.39, 0.29) is 18.9 Å². The molecular formula is C13H20N2O4. The maximum atomic E-state index is 11.9. The predicted octanol–water partition coefficient (Wildman–Crippen LogP) is 0.492. The van der Waals surface area contributed by atoms with Gasteiger partial charge in [0.15, 0.2) is 0 Å². The Morgan fingerprint density at radius 2 is 2.11 bits per heavy atom. The standard InChI is InChI=1S/C13H20N2O4/c1-9-11(10(2)19-15-9)7-12(16)14-8-13(17)3-5-18-6-4-13/h17H,3-8H2,1-2H3,(H,14,16). The summed E-state index contributed by atoms with van der Waals surface area (Å²) in [6.07, 6.45) is 1.34. The highest BCUT2D eigenvalue weighted by Crippen LogP contribution is 2.19. The van der Waals surface area contributed by atoms with Crippen molar-refractivity contribution in [2.24, 2.45) is 0 Å². The Hall–Kier alpha value is -1.40. The SMILES string of the molecule is Cc1noc(C)c1CC(=O)NCC1(O)CCOCC1. The van der Waals surface area contributed by atoms with Crippen LogP contribution < -0.4 is 5.32 Å². The summed E-state index contributed by atoms with van der Waals surface area (Å²) in [5.41, 5.74) is 0.709. The molecule has 1 aliphatic heterocycles. The van der Waals surface area contributed by atoms with Crippen LogP contribution in [-0.2, 0) is 16.0 Å². The molecule has 19 heavy (non-hydrogen) atoms. The third-order valence-electron chi connectivity index (χ3n) is 3.56. The minimum atomic E-state index is -0.841. The highest BCUT2D eigenvalue weighted by atomic mass is 16.5. The third-order valence-corrected chi connectivity index (χ3v) is 3.56. The Labute approximate surface area is 112 Å². The van der Waals surface area contributed by atoms with Crippen molar-refractivity contribution in [3.63, 3.8) is 0 Å². The van der Waals surface area contributed by atoms with Gasteiger partial charge < -0.3 is 19.7 Å². The summed E-state index contributed by atoms with van der Waals surface area (Å²) in [7, 11) is 0. The Morgan fingerprint density at radius 3 is 2.68 bits per heavy atom. The highest BCUT2D eigenvalue weighted by Gasteiger charge is 2.30. The van der Waals surface area contributed by atoms with Gasteiger partial charge in [0.25, 0.3) is 0 Å². The van der Waals surface area contributed by atoms with E-state index in [1.807, 2.05) is 6.92 Å². The van der Waals surface area contributed by atoms with Gasteiger partial charge in [0.05, 0.1) is 17.7 Å². The zero-order valence-electron chi connectivity index (χ0n) is 11.4. The Balaban J connectivity index is 1.85. The number of hydrogen-bond acceptors (Lipinski definition) is 5. The van der Waals surface area contributed by atoms with E-state index in [4.69, 9.17) is 9.26 Å². The molecule has 1 aromatic rings. The molecule has 1 aliphatic rings. The average molecular weight is 268 g/mol. The van der Waals surface area contributed by atoms with Crippen molar-refractivity contribution in [3.05, 3.63) is 17.0 Å². The zero-order valence-corrected chi connectivity index (χ0v) is 11.4. The van der Waals surface area contributed by atoms with E-state index < -0.39 is 5.60 Å². The van der Waals surface area contributed by atoms with Gasteiger partial charge in [0.2, 0.25) is 5.91 Å². The van der Waals surface area contributed by atoms with Gasteiger partial charge in [-0.3, -0.25) is 4.79 Å². The second-order valence-electron chi connectivity index (χ2n) is 5.09. The lowest BCUT2D eigenvalue weighted by atomic mass is 9.94. The lowest BCUT2D eigenvalue weighted by Crippen LogP contribution is -2.47. The molecule has 0 aliphatic carbocycles. The monoisotopic (exact) mass is 268 g/mol. The lowest BCUT2D eigenvalue weighted by molar-refractivity contribution is -0.123. The van der Waals surface area contributed by atoms with Gasteiger partial charge in [-0.15, -0.1) is 0 Å². The van der Waals surface area contributed by atoms with Crippen LogP contribution in [0.2, 0.25) is 0 Å². The lowest BCUT2D eigenvalue weighted by Gasteiger charge is -2.32. The Bertz CT molecular complexity index is 430. The molecule has 1 amide bonds. The second kappa shape index (κ2) is 5.71. The molecule has 2 rings (SSSR count). The molecule has 106 valence electrons. The first-order valence-electron chi connectivity index (χ1n) is 6.49. The first-order chi connectivity index (χ1) is 9.00. The first-order valence-corrected chi connectivity index (χ1v) is 6.49. The maximum Gasteiger partial charge on any atom is 0.224 e. The van der Waals surface area contributed by atoms with E-state index in [2.05, 4.69) is 10.5 Å². The maximum absolute atomic E-state index is 11.9. The molecule has 0 atom stereocenters. The molecular weight excluding hydrogens is 248 g/mol. The molecule has 1 fully saturated rings. The van der Waals surface area contributed by atoms with E-state index in [1.165, 1.54) is 0 Å². The van der Waals surface area contributed by atoms with E-state index in [0.29, 0.717) is 31.8 Å². The van der Waals surface area contributed by atoms with Crippen LogP contribution in [0, 0.1) is 13.8 Å². The highest BCUT2D eigenvalue weighted by molar-refractivity contribution is 5.79. The van der Waals surface area contributed by atoms with Crippen LogP contribution in [0.25, 0.3) is 0 Å². The number of aromatic nitrogens is 1. The van der Waals surface area contributed by atoms with Crippen LogP contribution >= 0.6 is 0 Å². The third kappa shape index (κ3) is 3.54. The van der Waals surface area contributed by atoms with Gasteiger partial charge in [0.1, 0.15) is 5.76 Å². The van der Waals surface area contributed by atoms with E-state index in [9.17, 15) is 9.90 Å². The molecule has 6 heteroatoms. The topological polar surface area (TPSA) is 84.6 Å². The fourth-order valence-corrected chi connectivity index (χ4v) is 2.17. The summed E-state index contributed by atoms with van der Waals surface area (Å²) in [6.45, 7) is 4.94. The van der Waals surface area contributed by atoms with Crippen molar-refractivity contribution >= 4 is 5.91 Å². The van der Waals surface area contributed by atoms with E-state index in [0.717, 1.165) is 11.3 Å². The van der Waals surface area contributed by atoms with Crippen LogP contribution in [0.5, 0.6) is 0 Å². The number of rotatable bonds is 4. The molecule has 0 spiro atoms. The fourth-order valence-electron chi connectivity index (χ4n) is 2.17. The van der Waals surface area contributed by atoms with E-state index in [1.54, 1.807) is 6.92 Å². The number of carbonyl (C=O) groups is 1. The predicted molar refractivity (Wildman–Crippen MR) is 67.7 cm³/mol. The number of nitrogens with zero attached hydrogens (tertiary/aromatic N) is 1. The van der Waals surface area contributed by atoms with Crippen LogP contribution in [0.3, 0.4) is 0 Å². The van der Waals surface area contributed by atoms with Gasteiger partial charge >= 0.3 is 0 Å². The van der Waals surface area contributed by atoms with Crippen LogP contribution in [0.4, 0.5) is 0 Å². The number of hydrogen-bond donors (Lipinski definition) is 2.